The summed E-state index contributed by atoms with van der Waals surface area (Å²) in [4.78, 5) is 14.7. The largest absolute Gasteiger partial charge is 0.489 e. The Bertz CT molecular complexity index is 1960. The molecule has 2 aliphatic heterocycles. The third-order valence-electron chi connectivity index (χ3n) is 10.8. The second-order valence-electron chi connectivity index (χ2n) is 15.4. The van der Waals surface area contributed by atoms with Crippen LogP contribution in [0.4, 0.5) is 23.1 Å². The number of nitrogens with one attached hydrogen (secondary N) is 2. The number of aromatic nitrogens is 2. The van der Waals surface area contributed by atoms with Gasteiger partial charge in [-0.3, -0.25) is 4.90 Å². The Morgan fingerprint density at radius 2 is 1.57 bits per heavy atom. The van der Waals surface area contributed by atoms with E-state index in [0.29, 0.717) is 41.5 Å². The van der Waals surface area contributed by atoms with Gasteiger partial charge in [-0.1, -0.05) is 54.1 Å². The molecule has 3 aromatic carbocycles. The molecule has 2 N–H and O–H groups in total. The molecule has 3 atom stereocenters. The lowest BCUT2D eigenvalue weighted by molar-refractivity contribution is 0.0205. The van der Waals surface area contributed by atoms with Crippen LogP contribution in [-0.2, 0) is 16.4 Å². The molecule has 1 unspecified atom stereocenters. The standard InChI is InChI=1S/C42H55ClN6O3S/c1-27(2)52-39-24-35(33-17-19-48(20-18-33)34-22-30(6)49(31(7)23-34)26-32-13-9-8-10-14-32)29(5)21-38(39)46-42-44-25-36(43)41(47-42)45-37-15-11-12-16-40(37)53(50,51)28(3)4/h8-16,21,24-25,27-28,30-31,33-34H,17-20,22-23,26H2,1-7H3,(H2,44,45,46,47)/t30-,31+,34?. The molecule has 11 heteroatoms. The van der Waals surface area contributed by atoms with Crippen molar-refractivity contribution in [2.75, 3.05) is 23.7 Å². The molecule has 1 aromatic heterocycles. The summed E-state index contributed by atoms with van der Waals surface area (Å²) in [5.74, 6) is 1.81. The van der Waals surface area contributed by atoms with E-state index in [1.807, 2.05) is 13.8 Å². The number of piperidine rings is 2. The summed E-state index contributed by atoms with van der Waals surface area (Å²) in [5, 5.41) is 6.20. The molecule has 3 heterocycles. The van der Waals surface area contributed by atoms with Crippen LogP contribution >= 0.6 is 11.6 Å². The lowest BCUT2D eigenvalue weighted by Gasteiger charge is -2.48. The lowest BCUT2D eigenvalue weighted by Crippen LogP contribution is -2.53. The predicted molar refractivity (Wildman–Crippen MR) is 217 cm³/mol. The lowest BCUT2D eigenvalue weighted by atomic mass is 9.84. The van der Waals surface area contributed by atoms with Crippen molar-refractivity contribution in [3.05, 3.63) is 94.6 Å². The van der Waals surface area contributed by atoms with Gasteiger partial charge in [0, 0.05) is 24.7 Å². The average molecular weight is 759 g/mol. The number of aryl methyl sites for hydroxylation is 1. The number of hydrogen-bond donors (Lipinski definition) is 2. The quantitative estimate of drug-likeness (QED) is 0.146. The Kier molecular flexibility index (Phi) is 12.3. The van der Waals surface area contributed by atoms with E-state index in [0.717, 1.165) is 43.9 Å². The van der Waals surface area contributed by atoms with Crippen molar-refractivity contribution in [1.82, 2.24) is 19.8 Å². The summed E-state index contributed by atoms with van der Waals surface area (Å²) in [6.45, 7) is 17.6. The SMILES string of the molecule is Cc1cc(Nc2ncc(Cl)c(Nc3ccccc3S(=O)(=O)C(C)C)n2)c(OC(C)C)cc1C1CCN(C2C[C@@H](C)N(Cc3ccccc3)[C@@H](C)C2)CC1. The van der Waals surface area contributed by atoms with E-state index in [-0.39, 0.29) is 16.0 Å². The fourth-order valence-corrected chi connectivity index (χ4v) is 9.34. The number of rotatable bonds is 12. The average Bonchev–Trinajstić information content (AvgIpc) is 3.12. The van der Waals surface area contributed by atoms with Gasteiger partial charge >= 0.3 is 0 Å². The molecule has 2 aliphatic rings. The van der Waals surface area contributed by atoms with E-state index in [1.54, 1.807) is 38.1 Å². The number of anilines is 4. The summed E-state index contributed by atoms with van der Waals surface area (Å²) in [5.41, 5.74) is 5.08. The summed E-state index contributed by atoms with van der Waals surface area (Å²) in [6.07, 6.45) is 6.12. The third kappa shape index (κ3) is 9.16. The minimum Gasteiger partial charge on any atom is -0.489 e. The summed E-state index contributed by atoms with van der Waals surface area (Å²) in [7, 11) is -3.55. The van der Waals surface area contributed by atoms with Gasteiger partial charge in [-0.25, -0.2) is 13.4 Å². The van der Waals surface area contributed by atoms with Gasteiger partial charge in [-0.05, 0) is 134 Å². The van der Waals surface area contributed by atoms with Crippen LogP contribution in [0.25, 0.3) is 0 Å². The number of para-hydroxylation sites is 1. The van der Waals surface area contributed by atoms with Crippen molar-refractivity contribution in [2.45, 2.75) is 121 Å². The first-order valence-corrected chi connectivity index (χ1v) is 21.0. The Hall–Kier alpha value is -3.70. The van der Waals surface area contributed by atoms with Crippen molar-refractivity contribution in [1.29, 1.82) is 0 Å². The first-order chi connectivity index (χ1) is 25.3. The van der Waals surface area contributed by atoms with Crippen LogP contribution in [0, 0.1) is 6.92 Å². The molecule has 0 bridgehead atoms. The van der Waals surface area contributed by atoms with Crippen molar-refractivity contribution in [3.63, 3.8) is 0 Å². The minimum absolute atomic E-state index is 0.0348. The zero-order valence-electron chi connectivity index (χ0n) is 32.1. The Morgan fingerprint density at radius 3 is 2.23 bits per heavy atom. The predicted octanol–water partition coefficient (Wildman–Crippen LogP) is 9.52. The van der Waals surface area contributed by atoms with E-state index in [2.05, 4.69) is 93.6 Å². The maximum Gasteiger partial charge on any atom is 0.229 e. The van der Waals surface area contributed by atoms with Crippen molar-refractivity contribution < 1.29 is 13.2 Å². The van der Waals surface area contributed by atoms with Gasteiger partial charge in [0.2, 0.25) is 5.95 Å². The molecule has 9 nitrogen and oxygen atoms in total. The zero-order chi connectivity index (χ0) is 37.9. The molecule has 0 amide bonds. The molecular weight excluding hydrogens is 704 g/mol. The first kappa shape index (κ1) is 39.0. The number of nitrogens with zero attached hydrogens (tertiary/aromatic N) is 4. The highest BCUT2D eigenvalue weighted by Gasteiger charge is 2.35. The topological polar surface area (TPSA) is 99.7 Å². The number of halogens is 1. The molecule has 284 valence electrons. The van der Waals surface area contributed by atoms with E-state index in [1.165, 1.54) is 35.7 Å². The van der Waals surface area contributed by atoms with E-state index >= 15 is 0 Å². The maximum absolute atomic E-state index is 13.1. The van der Waals surface area contributed by atoms with E-state index in [4.69, 9.17) is 16.3 Å². The van der Waals surface area contributed by atoms with Crippen LogP contribution < -0.4 is 15.4 Å². The molecular formula is C42H55ClN6O3S. The zero-order valence-corrected chi connectivity index (χ0v) is 33.7. The van der Waals surface area contributed by atoms with Gasteiger partial charge in [0.05, 0.1) is 33.8 Å². The summed E-state index contributed by atoms with van der Waals surface area (Å²) >= 11 is 6.53. The molecule has 2 fully saturated rings. The molecule has 0 aliphatic carbocycles. The van der Waals surface area contributed by atoms with Crippen molar-refractivity contribution in [2.24, 2.45) is 0 Å². The first-order valence-electron chi connectivity index (χ1n) is 19.0. The number of ether oxygens (including phenoxy) is 1. The molecule has 53 heavy (non-hydrogen) atoms. The Morgan fingerprint density at radius 1 is 0.906 bits per heavy atom. The highest BCUT2D eigenvalue weighted by atomic mass is 35.5. The highest BCUT2D eigenvalue weighted by Crippen LogP contribution is 2.40. The van der Waals surface area contributed by atoms with Gasteiger partial charge in [0.15, 0.2) is 15.7 Å². The minimum atomic E-state index is -3.55. The van der Waals surface area contributed by atoms with Crippen molar-refractivity contribution >= 4 is 44.6 Å². The van der Waals surface area contributed by atoms with Crippen LogP contribution in [0.2, 0.25) is 5.02 Å². The third-order valence-corrected chi connectivity index (χ3v) is 13.3. The van der Waals surface area contributed by atoms with Crippen LogP contribution in [0.15, 0.2) is 77.8 Å². The molecule has 4 aromatic rings. The number of likely N-dealkylation sites (tertiary alicyclic amines) is 2. The maximum atomic E-state index is 13.1. The van der Waals surface area contributed by atoms with Gasteiger partial charge < -0.3 is 20.3 Å². The number of benzene rings is 3. The second-order valence-corrected chi connectivity index (χ2v) is 18.3. The molecule has 0 radical (unpaired) electrons. The van der Waals surface area contributed by atoms with Crippen LogP contribution in [0.1, 0.15) is 89.8 Å². The molecule has 6 rings (SSSR count). The van der Waals surface area contributed by atoms with Crippen LogP contribution in [-0.4, -0.2) is 70.8 Å². The van der Waals surface area contributed by atoms with E-state index in [9.17, 15) is 8.42 Å². The second kappa shape index (κ2) is 16.8. The fourth-order valence-electron chi connectivity index (χ4n) is 8.00. The van der Waals surface area contributed by atoms with Gasteiger partial charge in [0.1, 0.15) is 10.8 Å². The van der Waals surface area contributed by atoms with Crippen LogP contribution in [0.5, 0.6) is 5.75 Å². The molecule has 0 spiro atoms. The molecule has 2 saturated heterocycles. The number of hydrogen-bond acceptors (Lipinski definition) is 9. The highest BCUT2D eigenvalue weighted by molar-refractivity contribution is 7.92. The Balaban J connectivity index is 1.15. The van der Waals surface area contributed by atoms with Gasteiger partial charge in [-0.2, -0.15) is 4.98 Å². The van der Waals surface area contributed by atoms with Gasteiger partial charge in [0.25, 0.3) is 0 Å². The smallest absolute Gasteiger partial charge is 0.229 e. The van der Waals surface area contributed by atoms with Crippen molar-refractivity contribution in [3.8, 4) is 5.75 Å². The normalized spacial score (nSPS) is 20.5. The Labute approximate surface area is 321 Å². The summed E-state index contributed by atoms with van der Waals surface area (Å²) in [6, 6.07) is 23.7. The van der Waals surface area contributed by atoms with E-state index < -0.39 is 15.1 Å². The fraction of sp³-hybridized carbons (Fsp3) is 0.476. The molecule has 0 saturated carbocycles. The summed E-state index contributed by atoms with van der Waals surface area (Å²) < 4.78 is 32.5. The monoisotopic (exact) mass is 758 g/mol. The number of sulfone groups is 1. The van der Waals surface area contributed by atoms with Gasteiger partial charge in [-0.15, -0.1) is 0 Å². The van der Waals surface area contributed by atoms with Crippen LogP contribution in [0.3, 0.4) is 0 Å².